The SMILES string of the molecule is CCC[C@]1(C(=O)O)CCN(c2ncnc3sc(C)cc23)C[C@H]1O. The van der Waals surface area contributed by atoms with Crippen LogP contribution in [0, 0.1) is 12.3 Å². The van der Waals surface area contributed by atoms with Gasteiger partial charge in [-0.15, -0.1) is 11.3 Å². The molecule has 0 unspecified atom stereocenters. The van der Waals surface area contributed by atoms with Gasteiger partial charge in [-0.05, 0) is 25.8 Å². The third-order valence-electron chi connectivity index (χ3n) is 4.71. The van der Waals surface area contributed by atoms with Crippen molar-refractivity contribution in [2.75, 3.05) is 18.0 Å². The van der Waals surface area contributed by atoms with Crippen LogP contribution in [-0.4, -0.2) is 45.3 Å². The lowest BCUT2D eigenvalue weighted by molar-refractivity contribution is -0.159. The number of β-amino-alcohol motifs (C(OH)–C–C–N with tert-alkyl or cyclic N) is 1. The van der Waals surface area contributed by atoms with E-state index in [1.54, 1.807) is 11.3 Å². The molecule has 2 atom stereocenters. The lowest BCUT2D eigenvalue weighted by Gasteiger charge is -2.43. The predicted molar refractivity (Wildman–Crippen MR) is 90.0 cm³/mol. The van der Waals surface area contributed by atoms with Crippen LogP contribution in [0.3, 0.4) is 0 Å². The molecule has 0 radical (unpaired) electrons. The average molecular weight is 335 g/mol. The van der Waals surface area contributed by atoms with E-state index in [4.69, 9.17) is 0 Å². The third kappa shape index (κ3) is 2.68. The first-order chi connectivity index (χ1) is 11.0. The van der Waals surface area contributed by atoms with Crippen LogP contribution in [-0.2, 0) is 4.79 Å². The summed E-state index contributed by atoms with van der Waals surface area (Å²) in [5, 5.41) is 21.2. The Balaban J connectivity index is 1.91. The third-order valence-corrected chi connectivity index (χ3v) is 5.67. The van der Waals surface area contributed by atoms with Gasteiger partial charge in [-0.25, -0.2) is 9.97 Å². The molecular formula is C16H21N3O3S. The maximum Gasteiger partial charge on any atom is 0.312 e. The molecule has 23 heavy (non-hydrogen) atoms. The molecule has 2 aromatic heterocycles. The Morgan fingerprint density at radius 1 is 1.52 bits per heavy atom. The van der Waals surface area contributed by atoms with Gasteiger partial charge in [0, 0.05) is 18.0 Å². The minimum atomic E-state index is -1.04. The lowest BCUT2D eigenvalue weighted by atomic mass is 9.73. The van der Waals surface area contributed by atoms with Crippen LogP contribution in [0.2, 0.25) is 0 Å². The zero-order valence-electron chi connectivity index (χ0n) is 13.3. The molecule has 124 valence electrons. The minimum absolute atomic E-state index is 0.285. The topological polar surface area (TPSA) is 86.5 Å². The molecule has 1 aliphatic heterocycles. The van der Waals surface area contributed by atoms with Crippen molar-refractivity contribution in [1.82, 2.24) is 9.97 Å². The molecule has 0 aromatic carbocycles. The first-order valence-electron chi connectivity index (χ1n) is 7.85. The lowest BCUT2D eigenvalue weighted by Crippen LogP contribution is -2.55. The second kappa shape index (κ2) is 6.05. The number of aromatic nitrogens is 2. The summed E-state index contributed by atoms with van der Waals surface area (Å²) in [6.07, 6.45) is 2.29. The van der Waals surface area contributed by atoms with E-state index in [0.717, 1.165) is 27.3 Å². The first-order valence-corrected chi connectivity index (χ1v) is 8.67. The highest BCUT2D eigenvalue weighted by Gasteiger charge is 2.48. The fourth-order valence-electron chi connectivity index (χ4n) is 3.48. The van der Waals surface area contributed by atoms with Gasteiger partial charge in [0.1, 0.15) is 17.0 Å². The van der Waals surface area contributed by atoms with Crippen LogP contribution in [0.5, 0.6) is 0 Å². The van der Waals surface area contributed by atoms with Gasteiger partial charge in [0.25, 0.3) is 0 Å². The number of carboxylic acids is 1. The number of aliphatic carboxylic acids is 1. The molecule has 2 N–H and O–H groups in total. The van der Waals surface area contributed by atoms with Gasteiger partial charge in [-0.3, -0.25) is 4.79 Å². The fraction of sp³-hybridized carbons (Fsp3) is 0.562. The number of hydrogen-bond acceptors (Lipinski definition) is 6. The Labute approximate surface area is 138 Å². The van der Waals surface area contributed by atoms with Crippen LogP contribution in [0.1, 0.15) is 31.1 Å². The van der Waals surface area contributed by atoms with Gasteiger partial charge < -0.3 is 15.1 Å². The summed E-state index contributed by atoms with van der Waals surface area (Å²) in [7, 11) is 0. The minimum Gasteiger partial charge on any atom is -0.481 e. The fourth-order valence-corrected chi connectivity index (χ4v) is 4.32. The first kappa shape index (κ1) is 16.1. The van der Waals surface area contributed by atoms with Crippen LogP contribution < -0.4 is 4.90 Å². The van der Waals surface area contributed by atoms with E-state index in [9.17, 15) is 15.0 Å². The second-order valence-corrected chi connectivity index (χ2v) is 7.43. The Bertz CT molecular complexity index is 732. The van der Waals surface area contributed by atoms with E-state index in [0.29, 0.717) is 19.4 Å². The summed E-state index contributed by atoms with van der Waals surface area (Å²) in [6.45, 7) is 4.83. The zero-order chi connectivity index (χ0) is 16.6. The number of piperidine rings is 1. The Hall–Kier alpha value is -1.73. The summed E-state index contributed by atoms with van der Waals surface area (Å²) in [6, 6.07) is 2.05. The largest absolute Gasteiger partial charge is 0.481 e. The van der Waals surface area contributed by atoms with Crippen molar-refractivity contribution < 1.29 is 15.0 Å². The average Bonchev–Trinajstić information content (AvgIpc) is 2.89. The highest BCUT2D eigenvalue weighted by molar-refractivity contribution is 7.18. The number of thiophene rings is 1. The van der Waals surface area contributed by atoms with Crippen molar-refractivity contribution >= 4 is 33.3 Å². The van der Waals surface area contributed by atoms with E-state index in [1.807, 2.05) is 24.8 Å². The zero-order valence-corrected chi connectivity index (χ0v) is 14.1. The Morgan fingerprint density at radius 3 is 2.96 bits per heavy atom. The Morgan fingerprint density at radius 2 is 2.30 bits per heavy atom. The number of carbonyl (C=O) groups is 1. The standard InChI is InChI=1S/C16H21N3O3S/c1-3-4-16(15(21)22)5-6-19(8-12(16)20)13-11-7-10(2)23-14(11)18-9-17-13/h7,9,12,20H,3-6,8H2,1-2H3,(H,21,22)/t12-,16+/m1/s1. The number of aliphatic hydroxyl groups excluding tert-OH is 1. The van der Waals surface area contributed by atoms with Gasteiger partial charge in [-0.1, -0.05) is 13.3 Å². The van der Waals surface area contributed by atoms with Crippen LogP contribution in [0.25, 0.3) is 10.2 Å². The molecule has 3 rings (SSSR count). The summed E-state index contributed by atoms with van der Waals surface area (Å²) >= 11 is 1.61. The highest BCUT2D eigenvalue weighted by atomic mass is 32.1. The van der Waals surface area contributed by atoms with Gasteiger partial charge in [0.2, 0.25) is 0 Å². The summed E-state index contributed by atoms with van der Waals surface area (Å²) in [5.74, 6) is -0.111. The van der Waals surface area contributed by atoms with Crippen LogP contribution in [0.4, 0.5) is 5.82 Å². The molecule has 6 nitrogen and oxygen atoms in total. The van der Waals surface area contributed by atoms with Crippen molar-refractivity contribution in [3.05, 3.63) is 17.3 Å². The quantitative estimate of drug-likeness (QED) is 0.892. The summed E-state index contributed by atoms with van der Waals surface area (Å²) < 4.78 is 0. The van der Waals surface area contributed by atoms with Crippen molar-refractivity contribution in [3.8, 4) is 0 Å². The number of hydrogen-bond donors (Lipinski definition) is 2. The molecule has 0 aliphatic carbocycles. The molecule has 1 saturated heterocycles. The summed E-state index contributed by atoms with van der Waals surface area (Å²) in [4.78, 5) is 24.5. The number of fused-ring (bicyclic) bond motifs is 1. The number of rotatable bonds is 4. The molecule has 0 saturated carbocycles. The smallest absolute Gasteiger partial charge is 0.312 e. The molecule has 0 amide bonds. The molecule has 7 heteroatoms. The molecule has 0 bridgehead atoms. The number of anilines is 1. The van der Waals surface area contributed by atoms with Gasteiger partial charge in [0.05, 0.1) is 16.9 Å². The van der Waals surface area contributed by atoms with Crippen molar-refractivity contribution in [1.29, 1.82) is 0 Å². The van der Waals surface area contributed by atoms with E-state index in [1.165, 1.54) is 6.33 Å². The second-order valence-electron chi connectivity index (χ2n) is 6.20. The molecule has 1 aliphatic rings. The van der Waals surface area contributed by atoms with E-state index < -0.39 is 17.5 Å². The number of aryl methyl sites for hydroxylation is 1. The van der Waals surface area contributed by atoms with Crippen molar-refractivity contribution in [2.24, 2.45) is 5.41 Å². The van der Waals surface area contributed by atoms with Crippen LogP contribution in [0.15, 0.2) is 12.4 Å². The van der Waals surface area contributed by atoms with Gasteiger partial charge in [-0.2, -0.15) is 0 Å². The molecular weight excluding hydrogens is 314 g/mol. The normalized spacial score (nSPS) is 25.0. The van der Waals surface area contributed by atoms with Gasteiger partial charge >= 0.3 is 5.97 Å². The van der Waals surface area contributed by atoms with E-state index in [2.05, 4.69) is 9.97 Å². The number of aliphatic hydroxyl groups is 1. The van der Waals surface area contributed by atoms with E-state index in [-0.39, 0.29) is 6.54 Å². The Kier molecular flexibility index (Phi) is 4.25. The van der Waals surface area contributed by atoms with Gasteiger partial charge in [0.15, 0.2) is 0 Å². The summed E-state index contributed by atoms with van der Waals surface area (Å²) in [5.41, 5.74) is -1.04. The van der Waals surface area contributed by atoms with Crippen molar-refractivity contribution in [3.63, 3.8) is 0 Å². The molecule has 2 aromatic rings. The van der Waals surface area contributed by atoms with Crippen molar-refractivity contribution in [2.45, 2.75) is 39.2 Å². The number of carboxylic acid groups (broad SMARTS) is 1. The monoisotopic (exact) mass is 335 g/mol. The molecule has 0 spiro atoms. The van der Waals surface area contributed by atoms with E-state index >= 15 is 0 Å². The maximum absolute atomic E-state index is 11.7. The highest BCUT2D eigenvalue weighted by Crippen LogP contribution is 2.39. The number of nitrogens with zero attached hydrogens (tertiary/aromatic N) is 3. The predicted octanol–water partition coefficient (Wildman–Crippen LogP) is 2.44. The maximum atomic E-state index is 11.7. The molecule has 1 fully saturated rings. The molecule has 3 heterocycles. The van der Waals surface area contributed by atoms with Crippen LogP contribution >= 0.6 is 11.3 Å².